The van der Waals surface area contributed by atoms with Gasteiger partial charge in [0.15, 0.2) is 0 Å². The van der Waals surface area contributed by atoms with Crippen LogP contribution in [0.15, 0.2) is 30.3 Å². The predicted molar refractivity (Wildman–Crippen MR) is 82.7 cm³/mol. The molecule has 0 bridgehead atoms. The number of ether oxygens (including phenoxy) is 2. The van der Waals surface area contributed by atoms with Crippen LogP contribution in [-0.2, 0) is 0 Å². The molecule has 0 saturated carbocycles. The number of aromatic nitrogens is 2. The third-order valence-electron chi connectivity index (χ3n) is 3.54. The first-order chi connectivity index (χ1) is 10.0. The Morgan fingerprint density at radius 3 is 2.19 bits per heavy atom. The van der Waals surface area contributed by atoms with Crippen LogP contribution in [-0.4, -0.2) is 43.2 Å². The van der Waals surface area contributed by atoms with Crippen molar-refractivity contribution >= 4 is 0 Å². The van der Waals surface area contributed by atoms with E-state index in [-0.39, 0.29) is 0 Å². The molecule has 1 unspecified atom stereocenters. The lowest BCUT2D eigenvalue weighted by Crippen LogP contribution is -2.16. The molecule has 2 aromatic rings. The molecule has 0 amide bonds. The second-order valence-corrected chi connectivity index (χ2v) is 5.04. The van der Waals surface area contributed by atoms with Gasteiger partial charge >= 0.3 is 6.01 Å². The van der Waals surface area contributed by atoms with Gasteiger partial charge in [-0.3, -0.25) is 0 Å². The molecule has 21 heavy (non-hydrogen) atoms. The molecule has 1 atom stereocenters. The Bertz CT molecular complexity index is 575. The summed E-state index contributed by atoms with van der Waals surface area (Å²) >= 11 is 0. The van der Waals surface area contributed by atoms with Crippen LogP contribution in [0.2, 0.25) is 0 Å². The average Bonchev–Trinajstić information content (AvgIpc) is 2.53. The molecular formula is C16H21N3O2. The Balaban J connectivity index is 2.34. The molecule has 1 aromatic carbocycles. The maximum Gasteiger partial charge on any atom is 0.320 e. The first-order valence-electron chi connectivity index (χ1n) is 6.79. The van der Waals surface area contributed by atoms with Crippen molar-refractivity contribution in [3.8, 4) is 23.1 Å². The third kappa shape index (κ3) is 3.49. The first kappa shape index (κ1) is 15.3. The fraction of sp³-hybridized carbons (Fsp3) is 0.375. The van der Waals surface area contributed by atoms with Gasteiger partial charge in [0.05, 0.1) is 19.9 Å². The smallest absolute Gasteiger partial charge is 0.320 e. The average molecular weight is 287 g/mol. The normalized spacial score (nSPS) is 12.3. The maximum absolute atomic E-state index is 5.17. The Morgan fingerprint density at radius 1 is 1.00 bits per heavy atom. The molecule has 0 aliphatic rings. The summed E-state index contributed by atoms with van der Waals surface area (Å²) in [5.74, 6) is 0.489. The molecule has 112 valence electrons. The molecule has 0 radical (unpaired) electrons. The fourth-order valence-electron chi connectivity index (χ4n) is 1.98. The number of hydrogen-bond donors (Lipinski definition) is 0. The lowest BCUT2D eigenvalue weighted by atomic mass is 10.0. The van der Waals surface area contributed by atoms with Crippen molar-refractivity contribution in [3.05, 3.63) is 35.9 Å². The zero-order valence-corrected chi connectivity index (χ0v) is 13.1. The highest BCUT2D eigenvalue weighted by Crippen LogP contribution is 2.25. The summed E-state index contributed by atoms with van der Waals surface area (Å²) in [6, 6.07) is 10.8. The summed E-state index contributed by atoms with van der Waals surface area (Å²) in [4.78, 5) is 10.6. The monoisotopic (exact) mass is 287 g/mol. The van der Waals surface area contributed by atoms with Crippen LogP contribution in [0, 0.1) is 0 Å². The van der Waals surface area contributed by atoms with E-state index in [1.165, 1.54) is 5.56 Å². The lowest BCUT2D eigenvalue weighted by molar-refractivity contribution is 0.321. The molecule has 1 aromatic heterocycles. The van der Waals surface area contributed by atoms with E-state index in [1.54, 1.807) is 20.3 Å². The van der Waals surface area contributed by atoms with Crippen LogP contribution in [0.25, 0.3) is 11.3 Å². The molecule has 0 fully saturated rings. The van der Waals surface area contributed by atoms with E-state index in [0.717, 1.165) is 11.3 Å². The second kappa shape index (κ2) is 6.54. The van der Waals surface area contributed by atoms with Gasteiger partial charge in [-0.25, -0.2) is 0 Å². The summed E-state index contributed by atoms with van der Waals surface area (Å²) in [5, 5.41) is 0. The molecule has 1 heterocycles. The number of methoxy groups -OCH3 is 2. The quantitative estimate of drug-likeness (QED) is 0.846. The van der Waals surface area contributed by atoms with Crippen molar-refractivity contribution in [2.45, 2.75) is 13.0 Å². The highest BCUT2D eigenvalue weighted by atomic mass is 16.5. The Morgan fingerprint density at radius 2 is 1.67 bits per heavy atom. The van der Waals surface area contributed by atoms with E-state index in [1.807, 2.05) is 0 Å². The zero-order valence-electron chi connectivity index (χ0n) is 13.1. The molecule has 0 aliphatic carbocycles. The van der Waals surface area contributed by atoms with E-state index in [2.05, 4.69) is 60.2 Å². The Hall–Kier alpha value is -2.14. The van der Waals surface area contributed by atoms with E-state index in [4.69, 9.17) is 9.47 Å². The van der Waals surface area contributed by atoms with Gasteiger partial charge in [-0.1, -0.05) is 24.3 Å². The van der Waals surface area contributed by atoms with Gasteiger partial charge in [0.1, 0.15) is 0 Å². The Kier molecular flexibility index (Phi) is 4.75. The highest BCUT2D eigenvalue weighted by molar-refractivity contribution is 5.61. The second-order valence-electron chi connectivity index (χ2n) is 5.04. The van der Waals surface area contributed by atoms with Crippen molar-refractivity contribution in [2.75, 3.05) is 28.3 Å². The molecule has 2 rings (SSSR count). The summed E-state index contributed by atoms with van der Waals surface area (Å²) in [6.45, 7) is 2.17. The van der Waals surface area contributed by atoms with Gasteiger partial charge in [0.25, 0.3) is 0 Å². The molecular weight excluding hydrogens is 266 g/mol. The van der Waals surface area contributed by atoms with Gasteiger partial charge in [-0.05, 0) is 26.6 Å². The van der Waals surface area contributed by atoms with Gasteiger partial charge < -0.3 is 14.4 Å². The largest absolute Gasteiger partial charge is 0.481 e. The summed E-state index contributed by atoms with van der Waals surface area (Å²) in [5.41, 5.74) is 3.04. The maximum atomic E-state index is 5.17. The predicted octanol–water partition coefficient (Wildman–Crippen LogP) is 2.78. The van der Waals surface area contributed by atoms with E-state index < -0.39 is 0 Å². The van der Waals surface area contributed by atoms with Crippen LogP contribution in [0.5, 0.6) is 11.9 Å². The molecule has 0 aliphatic heterocycles. The fourth-order valence-corrected chi connectivity index (χ4v) is 1.98. The van der Waals surface area contributed by atoms with Crippen molar-refractivity contribution in [2.24, 2.45) is 0 Å². The molecule has 5 nitrogen and oxygen atoms in total. The number of rotatable bonds is 5. The topological polar surface area (TPSA) is 47.5 Å². The van der Waals surface area contributed by atoms with Crippen molar-refractivity contribution < 1.29 is 9.47 Å². The minimum atomic E-state index is 0.301. The standard InChI is InChI=1S/C16H21N3O2/c1-11(19(2)3)12-6-8-13(9-7-12)14-10-15(20-4)18-16(17-14)21-5/h6-11H,1-5H3. The number of nitrogens with zero attached hydrogens (tertiary/aromatic N) is 3. The van der Waals surface area contributed by atoms with E-state index in [9.17, 15) is 0 Å². The Labute approximate surface area is 125 Å². The SMILES string of the molecule is COc1cc(-c2ccc(C(C)N(C)C)cc2)nc(OC)n1. The number of hydrogen-bond acceptors (Lipinski definition) is 5. The van der Waals surface area contributed by atoms with Crippen LogP contribution in [0.4, 0.5) is 0 Å². The van der Waals surface area contributed by atoms with Crippen molar-refractivity contribution in [1.29, 1.82) is 0 Å². The molecule has 0 saturated heterocycles. The third-order valence-corrected chi connectivity index (χ3v) is 3.54. The van der Waals surface area contributed by atoms with Gasteiger partial charge in [0.2, 0.25) is 5.88 Å². The number of benzene rings is 1. The van der Waals surface area contributed by atoms with Gasteiger partial charge in [-0.2, -0.15) is 9.97 Å². The molecule has 0 spiro atoms. The van der Waals surface area contributed by atoms with E-state index in [0.29, 0.717) is 17.9 Å². The van der Waals surface area contributed by atoms with Crippen LogP contribution in [0.1, 0.15) is 18.5 Å². The van der Waals surface area contributed by atoms with Gasteiger partial charge in [0, 0.05) is 17.7 Å². The molecule has 5 heteroatoms. The minimum absolute atomic E-state index is 0.301. The van der Waals surface area contributed by atoms with Crippen LogP contribution >= 0.6 is 0 Å². The lowest BCUT2D eigenvalue weighted by Gasteiger charge is -2.20. The van der Waals surface area contributed by atoms with Crippen molar-refractivity contribution in [1.82, 2.24) is 14.9 Å². The van der Waals surface area contributed by atoms with Crippen molar-refractivity contribution in [3.63, 3.8) is 0 Å². The van der Waals surface area contributed by atoms with E-state index >= 15 is 0 Å². The minimum Gasteiger partial charge on any atom is -0.481 e. The van der Waals surface area contributed by atoms with Gasteiger partial charge in [-0.15, -0.1) is 0 Å². The summed E-state index contributed by atoms with van der Waals surface area (Å²) in [7, 11) is 7.26. The highest BCUT2D eigenvalue weighted by Gasteiger charge is 2.10. The van der Waals surface area contributed by atoms with Crippen LogP contribution < -0.4 is 9.47 Å². The summed E-state index contributed by atoms with van der Waals surface area (Å²) < 4.78 is 10.3. The first-order valence-corrected chi connectivity index (χ1v) is 6.79. The zero-order chi connectivity index (χ0) is 15.4. The van der Waals surface area contributed by atoms with Crippen LogP contribution in [0.3, 0.4) is 0 Å². The summed E-state index contributed by atoms with van der Waals surface area (Å²) in [6.07, 6.45) is 0. The molecule has 0 N–H and O–H groups in total.